The fraction of sp³-hybridized carbons (Fsp3) is 0.533. The molecule has 1 fully saturated rings. The van der Waals surface area contributed by atoms with Crippen LogP contribution in [-0.4, -0.2) is 25.1 Å². The van der Waals surface area contributed by atoms with Gasteiger partial charge < -0.3 is 15.8 Å². The van der Waals surface area contributed by atoms with Gasteiger partial charge in [0.05, 0.1) is 0 Å². The molecule has 2 rings (SSSR count). The molecule has 1 aromatic carbocycles. The lowest BCUT2D eigenvalue weighted by atomic mass is 10.1. The molecule has 1 saturated carbocycles. The molecule has 3 N–H and O–H groups in total. The fourth-order valence-corrected chi connectivity index (χ4v) is 1.93. The Bertz CT molecular complexity index is 473. The second kappa shape index (κ2) is 6.70. The Labute approximate surface area is 118 Å². The topological polar surface area (TPSA) is 64.3 Å². The molecule has 4 nitrogen and oxygen atoms in total. The van der Waals surface area contributed by atoms with Crippen molar-refractivity contribution < 1.29 is 13.9 Å². The number of amides is 1. The molecule has 110 valence electrons. The van der Waals surface area contributed by atoms with E-state index in [1.54, 1.807) is 12.1 Å². The van der Waals surface area contributed by atoms with Gasteiger partial charge in [0.15, 0.2) is 18.2 Å². The first kappa shape index (κ1) is 14.8. The Hall–Kier alpha value is -1.62. The zero-order valence-electron chi connectivity index (χ0n) is 11.7. The third-order valence-electron chi connectivity index (χ3n) is 3.20. The Kier molecular flexibility index (Phi) is 4.95. The summed E-state index contributed by atoms with van der Waals surface area (Å²) in [6.45, 7) is 2.40. The van der Waals surface area contributed by atoms with Crippen molar-refractivity contribution in [2.45, 2.75) is 32.2 Å². The summed E-state index contributed by atoms with van der Waals surface area (Å²) in [5.41, 5.74) is 6.49. The lowest BCUT2D eigenvalue weighted by Crippen LogP contribution is -2.30. The maximum atomic E-state index is 13.8. The van der Waals surface area contributed by atoms with Crippen LogP contribution in [0.15, 0.2) is 18.2 Å². The van der Waals surface area contributed by atoms with Gasteiger partial charge in [0.25, 0.3) is 5.91 Å². The van der Waals surface area contributed by atoms with E-state index in [0.29, 0.717) is 18.9 Å². The van der Waals surface area contributed by atoms with Gasteiger partial charge in [-0.15, -0.1) is 0 Å². The predicted octanol–water partition coefficient (Wildman–Crippen LogP) is 1.62. The van der Waals surface area contributed by atoms with Crippen molar-refractivity contribution in [3.05, 3.63) is 29.6 Å². The van der Waals surface area contributed by atoms with Crippen LogP contribution >= 0.6 is 0 Å². The van der Waals surface area contributed by atoms with Crippen molar-refractivity contribution in [3.8, 4) is 5.75 Å². The summed E-state index contributed by atoms with van der Waals surface area (Å²) in [5, 5.41) is 2.77. The summed E-state index contributed by atoms with van der Waals surface area (Å²) in [4.78, 5) is 11.5. The monoisotopic (exact) mass is 280 g/mol. The van der Waals surface area contributed by atoms with Crippen molar-refractivity contribution in [1.29, 1.82) is 0 Å². The third-order valence-corrected chi connectivity index (χ3v) is 3.20. The summed E-state index contributed by atoms with van der Waals surface area (Å²) in [5.74, 6) is 0.0438. The first-order chi connectivity index (χ1) is 9.54. The number of nitrogens with two attached hydrogens (primary N) is 1. The summed E-state index contributed by atoms with van der Waals surface area (Å²) in [6, 6.07) is 4.70. The van der Waals surface area contributed by atoms with E-state index < -0.39 is 5.82 Å². The van der Waals surface area contributed by atoms with Crippen molar-refractivity contribution in [3.63, 3.8) is 0 Å². The average molecular weight is 280 g/mol. The number of benzene rings is 1. The smallest absolute Gasteiger partial charge is 0.257 e. The highest BCUT2D eigenvalue weighted by Crippen LogP contribution is 2.27. The maximum absolute atomic E-state index is 13.8. The number of hydrogen-bond acceptors (Lipinski definition) is 3. The minimum absolute atomic E-state index is 0.0191. The molecule has 1 unspecified atom stereocenters. The quantitative estimate of drug-likeness (QED) is 0.797. The maximum Gasteiger partial charge on any atom is 0.257 e. The van der Waals surface area contributed by atoms with E-state index >= 15 is 0 Å². The molecule has 0 bridgehead atoms. The van der Waals surface area contributed by atoms with Gasteiger partial charge in [0.1, 0.15) is 0 Å². The van der Waals surface area contributed by atoms with Gasteiger partial charge in [0.2, 0.25) is 0 Å². The molecule has 0 heterocycles. The average Bonchev–Trinajstić information content (AvgIpc) is 3.18. The Morgan fingerprint density at radius 1 is 1.55 bits per heavy atom. The molecule has 0 aliphatic heterocycles. The standard InChI is InChI=1S/C15H21FN2O2/c1-10(17)6-12-4-5-14(13(16)7-12)20-9-15(19)18-8-11-2-3-11/h4-5,7,10-11H,2-3,6,8-9,17H2,1H3,(H,18,19). The molecule has 0 saturated heterocycles. The number of carbonyl (C=O) groups is 1. The Balaban J connectivity index is 1.80. The van der Waals surface area contributed by atoms with Crippen LogP contribution in [0.25, 0.3) is 0 Å². The molecule has 20 heavy (non-hydrogen) atoms. The van der Waals surface area contributed by atoms with Crippen LogP contribution in [0.3, 0.4) is 0 Å². The van der Waals surface area contributed by atoms with Crippen LogP contribution in [0.5, 0.6) is 5.75 Å². The second-order valence-electron chi connectivity index (χ2n) is 5.48. The van der Waals surface area contributed by atoms with E-state index in [1.165, 1.54) is 18.9 Å². The van der Waals surface area contributed by atoms with E-state index in [0.717, 1.165) is 5.56 Å². The molecule has 5 heteroatoms. The van der Waals surface area contributed by atoms with Crippen molar-refractivity contribution >= 4 is 5.91 Å². The van der Waals surface area contributed by atoms with Gasteiger partial charge in [-0.1, -0.05) is 6.07 Å². The summed E-state index contributed by atoms with van der Waals surface area (Å²) in [7, 11) is 0. The summed E-state index contributed by atoms with van der Waals surface area (Å²) >= 11 is 0. The van der Waals surface area contributed by atoms with Crippen molar-refractivity contribution in [1.82, 2.24) is 5.32 Å². The van der Waals surface area contributed by atoms with Crippen molar-refractivity contribution in [2.75, 3.05) is 13.2 Å². The number of hydrogen-bond donors (Lipinski definition) is 2. The van der Waals surface area contributed by atoms with Gasteiger partial charge >= 0.3 is 0 Å². The highest BCUT2D eigenvalue weighted by molar-refractivity contribution is 5.77. The summed E-state index contributed by atoms with van der Waals surface area (Å²) in [6.07, 6.45) is 2.96. The SMILES string of the molecule is CC(N)Cc1ccc(OCC(=O)NCC2CC2)c(F)c1. The lowest BCUT2D eigenvalue weighted by Gasteiger charge is -2.10. The molecule has 1 atom stereocenters. The highest BCUT2D eigenvalue weighted by atomic mass is 19.1. The number of carbonyl (C=O) groups excluding carboxylic acids is 1. The van der Waals surface area contributed by atoms with E-state index in [2.05, 4.69) is 5.32 Å². The first-order valence-electron chi connectivity index (χ1n) is 6.98. The number of rotatable bonds is 7. The number of nitrogens with one attached hydrogen (secondary N) is 1. The van der Waals surface area contributed by atoms with Crippen molar-refractivity contribution in [2.24, 2.45) is 11.7 Å². The van der Waals surface area contributed by atoms with Gasteiger partial charge in [-0.25, -0.2) is 4.39 Å². The van der Waals surface area contributed by atoms with Crippen LogP contribution in [0.1, 0.15) is 25.3 Å². The first-order valence-corrected chi connectivity index (χ1v) is 6.98. The second-order valence-corrected chi connectivity index (χ2v) is 5.48. The van der Waals surface area contributed by atoms with Gasteiger partial charge in [-0.2, -0.15) is 0 Å². The molecular weight excluding hydrogens is 259 g/mol. The van der Waals surface area contributed by atoms with Crippen LogP contribution < -0.4 is 15.8 Å². The molecule has 1 amide bonds. The van der Waals surface area contributed by atoms with Crippen LogP contribution in [0.4, 0.5) is 4.39 Å². The fourth-order valence-electron chi connectivity index (χ4n) is 1.93. The van der Waals surface area contributed by atoms with E-state index in [9.17, 15) is 9.18 Å². The molecule has 1 aliphatic carbocycles. The van der Waals surface area contributed by atoms with Gasteiger partial charge in [-0.05, 0) is 49.8 Å². The minimum atomic E-state index is -0.460. The van der Waals surface area contributed by atoms with E-state index in [-0.39, 0.29) is 24.3 Å². The van der Waals surface area contributed by atoms with Crippen LogP contribution in [0.2, 0.25) is 0 Å². The zero-order valence-corrected chi connectivity index (χ0v) is 11.7. The Morgan fingerprint density at radius 3 is 2.90 bits per heavy atom. The molecule has 0 radical (unpaired) electrons. The molecule has 1 aromatic rings. The molecule has 0 spiro atoms. The molecular formula is C15H21FN2O2. The number of halogens is 1. The molecule has 0 aromatic heterocycles. The van der Waals surface area contributed by atoms with E-state index in [4.69, 9.17) is 10.5 Å². The zero-order chi connectivity index (χ0) is 14.5. The molecule has 1 aliphatic rings. The minimum Gasteiger partial charge on any atom is -0.481 e. The number of ether oxygens (including phenoxy) is 1. The largest absolute Gasteiger partial charge is 0.481 e. The summed E-state index contributed by atoms with van der Waals surface area (Å²) < 4.78 is 19.0. The van der Waals surface area contributed by atoms with Gasteiger partial charge in [-0.3, -0.25) is 4.79 Å². The normalized spacial score (nSPS) is 15.8. The third kappa shape index (κ3) is 4.81. The van der Waals surface area contributed by atoms with Crippen LogP contribution in [-0.2, 0) is 11.2 Å². The van der Waals surface area contributed by atoms with Gasteiger partial charge in [0, 0.05) is 12.6 Å². The van der Waals surface area contributed by atoms with Crippen LogP contribution in [0, 0.1) is 11.7 Å². The Morgan fingerprint density at radius 2 is 2.30 bits per heavy atom. The lowest BCUT2D eigenvalue weighted by molar-refractivity contribution is -0.123. The highest BCUT2D eigenvalue weighted by Gasteiger charge is 2.21. The van der Waals surface area contributed by atoms with E-state index in [1.807, 2.05) is 6.92 Å². The predicted molar refractivity (Wildman–Crippen MR) is 75.0 cm³/mol.